The molecule has 2 aromatic carbocycles. The van der Waals surface area contributed by atoms with E-state index in [9.17, 15) is 19.8 Å². The summed E-state index contributed by atoms with van der Waals surface area (Å²) in [5.74, 6) is -0.0751. The van der Waals surface area contributed by atoms with E-state index in [1.165, 1.54) is 0 Å². The number of hydrogen-bond donors (Lipinski definition) is 3. The van der Waals surface area contributed by atoms with Crippen molar-refractivity contribution in [2.24, 2.45) is 5.92 Å². The average molecular weight is 385 g/mol. The third-order valence-corrected chi connectivity index (χ3v) is 4.35. The van der Waals surface area contributed by atoms with Gasteiger partial charge in [-0.2, -0.15) is 0 Å². The Morgan fingerprint density at radius 3 is 2.25 bits per heavy atom. The van der Waals surface area contributed by atoms with Crippen molar-refractivity contribution >= 4 is 11.9 Å². The first kappa shape index (κ1) is 21.6. The number of hydrogen-bond acceptors (Lipinski definition) is 5. The molecule has 0 aliphatic heterocycles. The molecule has 0 aliphatic rings. The highest BCUT2D eigenvalue weighted by Crippen LogP contribution is 2.20. The number of ketones is 1. The summed E-state index contributed by atoms with van der Waals surface area (Å²) in [7, 11) is 0. The normalized spacial score (nSPS) is 13.0. The molecule has 2 rings (SSSR count). The number of carbonyl (C=O) groups excluding carboxylic acids is 2. The van der Waals surface area contributed by atoms with Crippen LogP contribution in [0.3, 0.4) is 0 Å². The second-order valence-electron chi connectivity index (χ2n) is 6.93. The van der Waals surface area contributed by atoms with Gasteiger partial charge in [0.05, 0.1) is 6.10 Å². The molecule has 2 aromatic rings. The van der Waals surface area contributed by atoms with Gasteiger partial charge in [-0.15, -0.1) is 0 Å². The van der Waals surface area contributed by atoms with Gasteiger partial charge in [-0.1, -0.05) is 68.4 Å². The third-order valence-electron chi connectivity index (χ3n) is 4.35. The van der Waals surface area contributed by atoms with E-state index in [-0.39, 0.29) is 31.3 Å². The summed E-state index contributed by atoms with van der Waals surface area (Å²) in [5, 5.41) is 23.0. The zero-order valence-corrected chi connectivity index (χ0v) is 16.2. The topological polar surface area (TPSA) is 95.9 Å². The number of amides is 1. The fourth-order valence-electron chi connectivity index (χ4n) is 2.65. The van der Waals surface area contributed by atoms with Crippen LogP contribution in [0.5, 0.6) is 0 Å². The van der Waals surface area contributed by atoms with Crippen LogP contribution in [0.1, 0.15) is 47.9 Å². The van der Waals surface area contributed by atoms with Gasteiger partial charge < -0.3 is 20.3 Å². The van der Waals surface area contributed by atoms with Crippen LogP contribution in [-0.4, -0.2) is 34.7 Å². The highest BCUT2D eigenvalue weighted by Gasteiger charge is 2.19. The van der Waals surface area contributed by atoms with Crippen molar-refractivity contribution in [1.29, 1.82) is 0 Å². The number of rotatable bonds is 9. The van der Waals surface area contributed by atoms with Gasteiger partial charge in [-0.05, 0) is 17.5 Å². The number of alkyl carbamates (subject to hydrolysis) is 1. The number of Topliss-reactive ketones (excluding diaryl/α,β-unsaturated/α-hetero) is 1. The fraction of sp³-hybridized carbons (Fsp3) is 0.364. The van der Waals surface area contributed by atoms with Crippen LogP contribution in [-0.2, 0) is 11.3 Å². The van der Waals surface area contributed by atoms with Crippen molar-refractivity contribution in [1.82, 2.24) is 5.32 Å². The van der Waals surface area contributed by atoms with E-state index >= 15 is 0 Å². The molecular weight excluding hydrogens is 358 g/mol. The van der Waals surface area contributed by atoms with E-state index in [4.69, 9.17) is 4.74 Å². The average Bonchev–Trinajstić information content (AvgIpc) is 2.71. The molecule has 0 saturated carbocycles. The van der Waals surface area contributed by atoms with Crippen LogP contribution in [0, 0.1) is 5.92 Å². The van der Waals surface area contributed by atoms with Gasteiger partial charge in [0, 0.05) is 18.0 Å². The van der Waals surface area contributed by atoms with Crippen molar-refractivity contribution < 1.29 is 24.5 Å². The summed E-state index contributed by atoms with van der Waals surface area (Å²) in [6.45, 7) is 3.98. The maximum absolute atomic E-state index is 11.9. The number of aliphatic hydroxyl groups is 2. The Morgan fingerprint density at radius 2 is 1.64 bits per heavy atom. The smallest absolute Gasteiger partial charge is 0.407 e. The van der Waals surface area contributed by atoms with Gasteiger partial charge in [-0.3, -0.25) is 4.79 Å². The SMILES string of the molecule is CC(C)C(=O)c1ccc(C(O)C(O)CCNC(=O)OCc2ccccc2)cc1. The second-order valence-corrected chi connectivity index (χ2v) is 6.93. The minimum Gasteiger partial charge on any atom is -0.445 e. The Balaban J connectivity index is 1.75. The zero-order valence-electron chi connectivity index (χ0n) is 16.2. The molecule has 0 radical (unpaired) electrons. The molecule has 3 N–H and O–H groups in total. The standard InChI is InChI=1S/C22H27NO5/c1-15(2)20(25)17-8-10-18(11-9-17)21(26)19(24)12-13-23-22(27)28-14-16-6-4-3-5-7-16/h3-11,15,19,21,24,26H,12-14H2,1-2H3,(H,23,27). The number of benzene rings is 2. The molecule has 0 bridgehead atoms. The van der Waals surface area contributed by atoms with E-state index < -0.39 is 18.3 Å². The first-order valence-electron chi connectivity index (χ1n) is 9.33. The highest BCUT2D eigenvalue weighted by atomic mass is 16.5. The molecular formula is C22H27NO5. The van der Waals surface area contributed by atoms with Crippen LogP contribution in [0.15, 0.2) is 54.6 Å². The van der Waals surface area contributed by atoms with Crippen LogP contribution < -0.4 is 5.32 Å². The van der Waals surface area contributed by atoms with Gasteiger partial charge >= 0.3 is 6.09 Å². The third kappa shape index (κ3) is 6.48. The maximum atomic E-state index is 11.9. The first-order valence-corrected chi connectivity index (χ1v) is 9.33. The Bertz CT molecular complexity index is 758. The van der Waals surface area contributed by atoms with Gasteiger partial charge in [0.2, 0.25) is 0 Å². The largest absolute Gasteiger partial charge is 0.445 e. The van der Waals surface area contributed by atoms with Crippen LogP contribution >= 0.6 is 0 Å². The predicted octanol–water partition coefficient (Wildman–Crippen LogP) is 3.24. The number of aliphatic hydroxyl groups excluding tert-OH is 2. The fourth-order valence-corrected chi connectivity index (χ4v) is 2.65. The molecule has 0 aromatic heterocycles. The van der Waals surface area contributed by atoms with Gasteiger partial charge in [0.25, 0.3) is 0 Å². The van der Waals surface area contributed by atoms with Gasteiger partial charge in [-0.25, -0.2) is 4.79 Å². The molecule has 0 aliphatic carbocycles. The Kier molecular flexibility index (Phi) is 8.17. The van der Waals surface area contributed by atoms with Crippen molar-refractivity contribution in [3.8, 4) is 0 Å². The lowest BCUT2D eigenvalue weighted by Gasteiger charge is -2.18. The first-order chi connectivity index (χ1) is 13.4. The molecule has 1 amide bonds. The summed E-state index contributed by atoms with van der Waals surface area (Å²) >= 11 is 0. The van der Waals surface area contributed by atoms with Gasteiger partial charge in [0.1, 0.15) is 12.7 Å². The van der Waals surface area contributed by atoms with Gasteiger partial charge in [0.15, 0.2) is 5.78 Å². The predicted molar refractivity (Wildman–Crippen MR) is 106 cm³/mol. The summed E-state index contributed by atoms with van der Waals surface area (Å²) in [4.78, 5) is 23.6. The summed E-state index contributed by atoms with van der Waals surface area (Å²) in [6.07, 6.45) is -2.58. The van der Waals surface area contributed by atoms with E-state index in [2.05, 4.69) is 5.32 Å². The molecule has 0 heterocycles. The van der Waals surface area contributed by atoms with E-state index in [1.54, 1.807) is 24.3 Å². The molecule has 2 unspecified atom stereocenters. The number of ether oxygens (including phenoxy) is 1. The molecule has 150 valence electrons. The Labute approximate surface area is 165 Å². The minimum absolute atomic E-state index is 0.0276. The molecule has 2 atom stereocenters. The Morgan fingerprint density at radius 1 is 1.00 bits per heavy atom. The van der Waals surface area contributed by atoms with E-state index in [1.807, 2.05) is 44.2 Å². The van der Waals surface area contributed by atoms with E-state index in [0.29, 0.717) is 11.1 Å². The summed E-state index contributed by atoms with van der Waals surface area (Å²) in [6, 6.07) is 15.9. The molecule has 0 fully saturated rings. The van der Waals surface area contributed by atoms with E-state index in [0.717, 1.165) is 5.56 Å². The lowest BCUT2D eigenvalue weighted by molar-refractivity contribution is 0.0136. The van der Waals surface area contributed by atoms with Crippen molar-refractivity contribution in [2.45, 2.75) is 39.1 Å². The number of carbonyl (C=O) groups is 2. The van der Waals surface area contributed by atoms with Crippen molar-refractivity contribution in [3.63, 3.8) is 0 Å². The maximum Gasteiger partial charge on any atom is 0.407 e. The lowest BCUT2D eigenvalue weighted by Crippen LogP contribution is -2.29. The molecule has 0 spiro atoms. The highest BCUT2D eigenvalue weighted by molar-refractivity contribution is 5.97. The summed E-state index contributed by atoms with van der Waals surface area (Å²) < 4.78 is 5.08. The lowest BCUT2D eigenvalue weighted by atomic mass is 9.97. The Hall–Kier alpha value is -2.70. The molecule has 6 heteroatoms. The molecule has 0 saturated heterocycles. The monoisotopic (exact) mass is 385 g/mol. The van der Waals surface area contributed by atoms with Crippen LogP contribution in [0.25, 0.3) is 0 Å². The number of nitrogens with one attached hydrogen (secondary N) is 1. The molecule has 6 nitrogen and oxygen atoms in total. The minimum atomic E-state index is -1.11. The zero-order chi connectivity index (χ0) is 20.5. The van der Waals surface area contributed by atoms with Crippen molar-refractivity contribution in [3.05, 3.63) is 71.3 Å². The van der Waals surface area contributed by atoms with Crippen LogP contribution in [0.2, 0.25) is 0 Å². The second kappa shape index (κ2) is 10.6. The van der Waals surface area contributed by atoms with Crippen molar-refractivity contribution in [2.75, 3.05) is 6.54 Å². The quantitative estimate of drug-likeness (QED) is 0.576. The molecule has 28 heavy (non-hydrogen) atoms. The van der Waals surface area contributed by atoms with Crippen LogP contribution in [0.4, 0.5) is 4.79 Å². The summed E-state index contributed by atoms with van der Waals surface area (Å²) in [5.41, 5.74) is 1.97.